The highest BCUT2D eigenvalue weighted by atomic mass is 16.7. The molecule has 0 atom stereocenters. The summed E-state index contributed by atoms with van der Waals surface area (Å²) in [4.78, 5) is 11.0. The van der Waals surface area contributed by atoms with Gasteiger partial charge in [0.2, 0.25) is 0 Å². The van der Waals surface area contributed by atoms with Gasteiger partial charge in [0, 0.05) is 5.56 Å². The molecule has 0 saturated heterocycles. The van der Waals surface area contributed by atoms with Crippen molar-refractivity contribution in [2.24, 2.45) is 0 Å². The minimum absolute atomic E-state index is 0.432. The molecule has 2 aromatic rings. The average Bonchev–Trinajstić information content (AvgIpc) is 2.56. The predicted molar refractivity (Wildman–Crippen MR) is 86.4 cm³/mol. The van der Waals surface area contributed by atoms with Gasteiger partial charge in [-0.25, -0.2) is 4.79 Å². The first-order valence-electron chi connectivity index (χ1n) is 7.85. The van der Waals surface area contributed by atoms with Crippen LogP contribution in [0.1, 0.15) is 43.6 Å². The van der Waals surface area contributed by atoms with Gasteiger partial charge in [-0.1, -0.05) is 61.7 Å². The van der Waals surface area contributed by atoms with Gasteiger partial charge in [0.15, 0.2) is 0 Å². The van der Waals surface area contributed by atoms with Crippen LogP contribution in [0.5, 0.6) is 5.75 Å². The van der Waals surface area contributed by atoms with E-state index in [1.54, 1.807) is 6.07 Å². The van der Waals surface area contributed by atoms with E-state index in [0.29, 0.717) is 11.7 Å². The zero-order chi connectivity index (χ0) is 15.4. The minimum atomic E-state index is -1.27. The fourth-order valence-electron chi connectivity index (χ4n) is 3.39. The van der Waals surface area contributed by atoms with Crippen molar-refractivity contribution in [1.82, 2.24) is 0 Å². The highest BCUT2D eigenvalue weighted by molar-refractivity contribution is 5.77. The van der Waals surface area contributed by atoms with E-state index in [0.717, 1.165) is 24.0 Å². The predicted octanol–water partition coefficient (Wildman–Crippen LogP) is 5.46. The molecule has 2 aromatic carbocycles. The van der Waals surface area contributed by atoms with Crippen LogP contribution in [0.25, 0.3) is 11.1 Å². The third-order valence-corrected chi connectivity index (χ3v) is 4.36. The van der Waals surface area contributed by atoms with E-state index in [1.807, 2.05) is 36.4 Å². The Morgan fingerprint density at radius 2 is 1.68 bits per heavy atom. The molecule has 0 aromatic heterocycles. The fourth-order valence-corrected chi connectivity index (χ4v) is 3.39. The summed E-state index contributed by atoms with van der Waals surface area (Å²) < 4.78 is 5.05. The first-order chi connectivity index (χ1) is 10.8. The zero-order valence-corrected chi connectivity index (χ0v) is 12.5. The number of hydrogen-bond acceptors (Lipinski definition) is 2. The lowest BCUT2D eigenvalue weighted by atomic mass is 9.80. The summed E-state index contributed by atoms with van der Waals surface area (Å²) in [6.45, 7) is 0. The van der Waals surface area contributed by atoms with Crippen molar-refractivity contribution < 1.29 is 14.6 Å². The second-order valence-corrected chi connectivity index (χ2v) is 5.79. The van der Waals surface area contributed by atoms with E-state index in [4.69, 9.17) is 9.84 Å². The van der Waals surface area contributed by atoms with E-state index >= 15 is 0 Å². The lowest BCUT2D eigenvalue weighted by molar-refractivity contribution is 0.144. The second kappa shape index (κ2) is 6.65. The van der Waals surface area contributed by atoms with Gasteiger partial charge in [-0.3, -0.25) is 0 Å². The highest BCUT2D eigenvalue weighted by Crippen LogP contribution is 2.42. The Bertz CT molecular complexity index is 643. The Morgan fingerprint density at radius 1 is 0.955 bits per heavy atom. The zero-order valence-electron chi connectivity index (χ0n) is 12.5. The summed E-state index contributed by atoms with van der Waals surface area (Å²) in [5.41, 5.74) is 3.15. The SMILES string of the molecule is O=C(O)Oc1cccc(C2CCCCC2)c1-c1ccccc1. The molecule has 0 aliphatic heterocycles. The Hall–Kier alpha value is -2.29. The summed E-state index contributed by atoms with van der Waals surface area (Å²) in [5.74, 6) is 0.920. The van der Waals surface area contributed by atoms with Gasteiger partial charge in [0.05, 0.1) is 0 Å². The normalized spacial score (nSPS) is 15.5. The van der Waals surface area contributed by atoms with E-state index in [9.17, 15) is 4.79 Å². The maximum atomic E-state index is 11.0. The molecule has 0 bridgehead atoms. The number of carboxylic acid groups (broad SMARTS) is 1. The van der Waals surface area contributed by atoms with Crippen LogP contribution in [-0.4, -0.2) is 11.3 Å². The van der Waals surface area contributed by atoms with Crippen LogP contribution in [0.2, 0.25) is 0 Å². The summed E-state index contributed by atoms with van der Waals surface area (Å²) >= 11 is 0. The summed E-state index contributed by atoms with van der Waals surface area (Å²) in [5, 5.41) is 9.02. The van der Waals surface area contributed by atoms with Gasteiger partial charge in [-0.05, 0) is 36.0 Å². The van der Waals surface area contributed by atoms with Gasteiger partial charge in [0.25, 0.3) is 0 Å². The van der Waals surface area contributed by atoms with Crippen molar-refractivity contribution >= 4 is 6.16 Å². The quantitative estimate of drug-likeness (QED) is 0.604. The third kappa shape index (κ3) is 3.14. The second-order valence-electron chi connectivity index (χ2n) is 5.79. The Labute approximate surface area is 130 Å². The van der Waals surface area contributed by atoms with Crippen molar-refractivity contribution in [3.05, 3.63) is 54.1 Å². The molecule has 22 heavy (non-hydrogen) atoms. The standard InChI is InChI=1S/C19H20O3/c20-19(21)22-17-13-7-12-16(14-8-3-1-4-9-14)18(17)15-10-5-2-6-11-15/h2,5-7,10-14H,1,3-4,8-9H2,(H,20,21). The van der Waals surface area contributed by atoms with E-state index < -0.39 is 6.16 Å². The van der Waals surface area contributed by atoms with Crippen molar-refractivity contribution in [3.63, 3.8) is 0 Å². The molecule has 3 heteroatoms. The van der Waals surface area contributed by atoms with Gasteiger partial charge in [-0.15, -0.1) is 0 Å². The topological polar surface area (TPSA) is 46.5 Å². The molecule has 1 aliphatic rings. The van der Waals surface area contributed by atoms with Crippen LogP contribution in [0.4, 0.5) is 4.79 Å². The molecule has 1 saturated carbocycles. The first-order valence-corrected chi connectivity index (χ1v) is 7.85. The van der Waals surface area contributed by atoms with Crippen LogP contribution >= 0.6 is 0 Å². The Morgan fingerprint density at radius 3 is 2.36 bits per heavy atom. The van der Waals surface area contributed by atoms with Gasteiger partial charge in [0.1, 0.15) is 5.75 Å². The van der Waals surface area contributed by atoms with Crippen LogP contribution in [0.15, 0.2) is 48.5 Å². The maximum Gasteiger partial charge on any atom is 0.511 e. The molecule has 0 heterocycles. The molecule has 0 spiro atoms. The Kier molecular flexibility index (Phi) is 4.42. The fraction of sp³-hybridized carbons (Fsp3) is 0.316. The first kappa shape index (κ1) is 14.6. The lowest BCUT2D eigenvalue weighted by Gasteiger charge is -2.25. The molecule has 1 aliphatic carbocycles. The third-order valence-electron chi connectivity index (χ3n) is 4.36. The van der Waals surface area contributed by atoms with E-state index in [2.05, 4.69) is 6.07 Å². The molecule has 0 amide bonds. The number of benzene rings is 2. The molecular weight excluding hydrogens is 276 g/mol. The molecule has 0 unspecified atom stereocenters. The number of carbonyl (C=O) groups is 1. The number of hydrogen-bond donors (Lipinski definition) is 1. The van der Waals surface area contributed by atoms with Crippen molar-refractivity contribution in [2.75, 3.05) is 0 Å². The van der Waals surface area contributed by atoms with Crippen LogP contribution in [-0.2, 0) is 0 Å². The van der Waals surface area contributed by atoms with Gasteiger partial charge < -0.3 is 9.84 Å². The molecule has 0 radical (unpaired) electrons. The largest absolute Gasteiger partial charge is 0.511 e. The molecule has 3 nitrogen and oxygen atoms in total. The van der Waals surface area contributed by atoms with Crippen molar-refractivity contribution in [3.8, 4) is 16.9 Å². The van der Waals surface area contributed by atoms with E-state index in [1.165, 1.54) is 24.8 Å². The van der Waals surface area contributed by atoms with Gasteiger partial charge in [-0.2, -0.15) is 0 Å². The lowest BCUT2D eigenvalue weighted by Crippen LogP contribution is -2.09. The minimum Gasteiger partial charge on any atom is -0.449 e. The van der Waals surface area contributed by atoms with Crippen LogP contribution in [0, 0.1) is 0 Å². The maximum absolute atomic E-state index is 11.0. The van der Waals surface area contributed by atoms with Crippen LogP contribution in [0.3, 0.4) is 0 Å². The van der Waals surface area contributed by atoms with E-state index in [-0.39, 0.29) is 0 Å². The number of ether oxygens (including phenoxy) is 1. The number of rotatable bonds is 3. The monoisotopic (exact) mass is 296 g/mol. The summed E-state index contributed by atoms with van der Waals surface area (Å²) in [6.07, 6.45) is 4.83. The smallest absolute Gasteiger partial charge is 0.449 e. The van der Waals surface area contributed by atoms with Crippen molar-refractivity contribution in [2.45, 2.75) is 38.0 Å². The highest BCUT2D eigenvalue weighted by Gasteiger charge is 2.22. The molecule has 114 valence electrons. The van der Waals surface area contributed by atoms with Crippen molar-refractivity contribution in [1.29, 1.82) is 0 Å². The Balaban J connectivity index is 2.10. The molecule has 1 N–H and O–H groups in total. The summed E-state index contributed by atoms with van der Waals surface area (Å²) in [6, 6.07) is 15.7. The summed E-state index contributed by atoms with van der Waals surface area (Å²) in [7, 11) is 0. The average molecular weight is 296 g/mol. The molecular formula is C19H20O3. The molecule has 1 fully saturated rings. The van der Waals surface area contributed by atoms with Gasteiger partial charge >= 0.3 is 6.16 Å². The van der Waals surface area contributed by atoms with Crippen LogP contribution < -0.4 is 4.74 Å². The molecule has 3 rings (SSSR count).